The number of phosphoric ester groups is 1. The van der Waals surface area contributed by atoms with Crippen molar-refractivity contribution in [2.24, 2.45) is 0 Å². The summed E-state index contributed by atoms with van der Waals surface area (Å²) in [4.78, 5) is 25.6. The normalized spacial score (nSPS) is 13.8. The van der Waals surface area contributed by atoms with Gasteiger partial charge in [0, 0.05) is 6.42 Å². The second kappa shape index (κ2) is 60.6. The summed E-state index contributed by atoms with van der Waals surface area (Å²) in [6.45, 7) is 4.69. The molecular formula is C69H137N2O6P. The molecule has 0 saturated heterocycles. The standard InChI is InChI=1S/C69H137N2O6P/c1-6-8-10-12-14-16-18-20-22-24-26-28-29-30-31-32-33-34-35-36-37-38-39-40-41-42-43-45-47-49-51-53-55-57-59-61-63-69(73)70-67(66-77-78(74,75)76-65-64-71(3,4)5)68(72)62-60-58-56-54-52-50-48-46-44-27-25-23-21-19-17-15-13-11-9-7-2/h52,54,60,62,67-68,72H,6-51,53,55-59,61,63-66H2,1-5H3,(H-,70,73,74,75)/b54-52+,62-60+. The molecule has 0 radical (unpaired) electrons. The minimum Gasteiger partial charge on any atom is -0.756 e. The molecule has 3 atom stereocenters. The number of nitrogens with one attached hydrogen (secondary N) is 1. The van der Waals surface area contributed by atoms with Crippen molar-refractivity contribution in [3.8, 4) is 0 Å². The van der Waals surface area contributed by atoms with Gasteiger partial charge in [0.2, 0.25) is 5.91 Å². The van der Waals surface area contributed by atoms with Crippen molar-refractivity contribution in [2.75, 3.05) is 40.9 Å². The van der Waals surface area contributed by atoms with Crippen LogP contribution in [0.3, 0.4) is 0 Å². The number of hydrogen-bond acceptors (Lipinski definition) is 6. The number of carbonyl (C=O) groups excluding carboxylic acids is 1. The Labute approximate surface area is 487 Å². The maximum atomic E-state index is 13.0. The van der Waals surface area contributed by atoms with Crippen LogP contribution >= 0.6 is 7.82 Å². The van der Waals surface area contributed by atoms with Crippen LogP contribution in [0.4, 0.5) is 0 Å². The second-order valence-corrected chi connectivity index (χ2v) is 26.7. The number of nitrogens with zero attached hydrogens (tertiary/aromatic N) is 1. The van der Waals surface area contributed by atoms with E-state index in [1.165, 1.54) is 302 Å². The van der Waals surface area contributed by atoms with Crippen LogP contribution in [-0.4, -0.2) is 68.5 Å². The molecule has 2 N–H and O–H groups in total. The predicted molar refractivity (Wildman–Crippen MR) is 339 cm³/mol. The molecule has 0 fully saturated rings. The molecule has 78 heavy (non-hydrogen) atoms. The molecule has 9 heteroatoms. The molecule has 0 heterocycles. The molecule has 0 aromatic heterocycles. The van der Waals surface area contributed by atoms with Crippen LogP contribution in [0, 0.1) is 0 Å². The molecule has 0 rings (SSSR count). The van der Waals surface area contributed by atoms with E-state index in [4.69, 9.17) is 9.05 Å². The number of hydrogen-bond donors (Lipinski definition) is 2. The van der Waals surface area contributed by atoms with E-state index in [-0.39, 0.29) is 19.1 Å². The average molecular weight is 1120 g/mol. The van der Waals surface area contributed by atoms with Gasteiger partial charge in [0.05, 0.1) is 39.9 Å². The van der Waals surface area contributed by atoms with E-state index in [9.17, 15) is 19.4 Å². The highest BCUT2D eigenvalue weighted by Gasteiger charge is 2.23. The zero-order chi connectivity index (χ0) is 57.0. The first-order valence-corrected chi connectivity index (χ1v) is 36.2. The lowest BCUT2D eigenvalue weighted by Crippen LogP contribution is -2.45. The zero-order valence-electron chi connectivity index (χ0n) is 53.2. The predicted octanol–water partition coefficient (Wildman–Crippen LogP) is 21.3. The Morgan fingerprint density at radius 3 is 1.04 bits per heavy atom. The Morgan fingerprint density at radius 2 is 0.718 bits per heavy atom. The Bertz CT molecular complexity index is 1320. The molecule has 0 saturated carbocycles. The van der Waals surface area contributed by atoms with Crippen molar-refractivity contribution in [1.82, 2.24) is 5.32 Å². The first kappa shape index (κ1) is 77.0. The van der Waals surface area contributed by atoms with Gasteiger partial charge < -0.3 is 28.8 Å². The molecule has 0 aliphatic heterocycles. The molecule has 0 aliphatic carbocycles. The van der Waals surface area contributed by atoms with E-state index >= 15 is 0 Å². The average Bonchev–Trinajstić information content (AvgIpc) is 3.41. The van der Waals surface area contributed by atoms with Crippen LogP contribution in [0.2, 0.25) is 0 Å². The minimum absolute atomic E-state index is 0.00353. The fourth-order valence-electron chi connectivity index (χ4n) is 10.8. The number of likely N-dealkylation sites (N-methyl/N-ethyl adjacent to an activating group) is 1. The van der Waals surface area contributed by atoms with Crippen molar-refractivity contribution in [2.45, 2.75) is 373 Å². The van der Waals surface area contributed by atoms with Crippen LogP contribution < -0.4 is 10.2 Å². The quantitative estimate of drug-likeness (QED) is 0.0272. The topological polar surface area (TPSA) is 108 Å². The molecule has 0 bridgehead atoms. The number of rotatable bonds is 65. The Kier molecular flexibility index (Phi) is 59.8. The fourth-order valence-corrected chi connectivity index (χ4v) is 11.5. The summed E-state index contributed by atoms with van der Waals surface area (Å²) in [6, 6.07) is -0.901. The summed E-state index contributed by atoms with van der Waals surface area (Å²) in [7, 11) is 1.26. The number of unbranched alkanes of at least 4 members (excludes halogenated alkanes) is 50. The number of phosphoric acid groups is 1. The van der Waals surface area contributed by atoms with Gasteiger partial charge in [-0.15, -0.1) is 0 Å². The fraction of sp³-hybridized carbons (Fsp3) is 0.928. The molecule has 1 amide bonds. The van der Waals surface area contributed by atoms with E-state index in [1.54, 1.807) is 6.08 Å². The molecule has 0 aliphatic rings. The summed E-state index contributed by atoms with van der Waals surface area (Å²) in [5, 5.41) is 13.9. The van der Waals surface area contributed by atoms with E-state index < -0.39 is 20.0 Å². The Morgan fingerprint density at radius 1 is 0.436 bits per heavy atom. The van der Waals surface area contributed by atoms with E-state index in [1.807, 2.05) is 27.2 Å². The molecular weight excluding hydrogens is 984 g/mol. The third kappa shape index (κ3) is 62.6. The van der Waals surface area contributed by atoms with Crippen molar-refractivity contribution in [3.63, 3.8) is 0 Å². The third-order valence-electron chi connectivity index (χ3n) is 16.2. The van der Waals surface area contributed by atoms with Gasteiger partial charge in [-0.05, 0) is 32.1 Å². The summed E-state index contributed by atoms with van der Waals surface area (Å²) in [6.07, 6.45) is 78.9. The maximum absolute atomic E-state index is 13.0. The Hall–Kier alpha value is -1.02. The highest BCUT2D eigenvalue weighted by atomic mass is 31.2. The van der Waals surface area contributed by atoms with Crippen LogP contribution in [0.15, 0.2) is 24.3 Å². The number of allylic oxidation sites excluding steroid dienone is 3. The summed E-state index contributed by atoms with van der Waals surface area (Å²) < 4.78 is 23.4. The van der Waals surface area contributed by atoms with Gasteiger partial charge >= 0.3 is 0 Å². The number of amides is 1. The highest BCUT2D eigenvalue weighted by molar-refractivity contribution is 7.45. The lowest BCUT2D eigenvalue weighted by atomic mass is 10.0. The van der Waals surface area contributed by atoms with Gasteiger partial charge in [0.25, 0.3) is 7.82 Å². The number of aliphatic hydroxyl groups excluding tert-OH is 1. The van der Waals surface area contributed by atoms with Gasteiger partial charge in [0.1, 0.15) is 13.2 Å². The largest absolute Gasteiger partial charge is 0.756 e. The minimum atomic E-state index is -4.61. The van der Waals surface area contributed by atoms with Crippen LogP contribution in [0.1, 0.15) is 361 Å². The maximum Gasteiger partial charge on any atom is 0.268 e. The SMILES string of the molecule is CCCCCCCCCCCCCCCC/C=C/CC/C=C/C(O)C(COP(=O)([O-])OCC[N+](C)(C)C)NC(=O)CCCCCCCCCCCCCCCCCCCCCCCCCCCCCCCCCCCCCC. The van der Waals surface area contributed by atoms with Crippen LogP contribution in [-0.2, 0) is 18.4 Å². The van der Waals surface area contributed by atoms with Gasteiger partial charge in [0.15, 0.2) is 0 Å². The van der Waals surface area contributed by atoms with Crippen molar-refractivity contribution >= 4 is 13.7 Å². The lowest BCUT2D eigenvalue weighted by Gasteiger charge is -2.29. The Balaban J connectivity index is 3.97. The monoisotopic (exact) mass is 1120 g/mol. The van der Waals surface area contributed by atoms with Gasteiger partial charge in [-0.3, -0.25) is 9.36 Å². The first-order valence-electron chi connectivity index (χ1n) is 34.7. The molecule has 3 unspecified atom stereocenters. The molecule has 8 nitrogen and oxygen atoms in total. The summed E-state index contributed by atoms with van der Waals surface area (Å²) in [5.41, 5.74) is 0. The first-order chi connectivity index (χ1) is 38.0. The van der Waals surface area contributed by atoms with Crippen molar-refractivity contribution in [3.05, 3.63) is 24.3 Å². The zero-order valence-corrected chi connectivity index (χ0v) is 54.0. The van der Waals surface area contributed by atoms with E-state index in [0.29, 0.717) is 17.4 Å². The van der Waals surface area contributed by atoms with E-state index in [2.05, 4.69) is 31.3 Å². The molecule has 464 valence electrons. The smallest absolute Gasteiger partial charge is 0.268 e. The van der Waals surface area contributed by atoms with Gasteiger partial charge in [-0.2, -0.15) is 0 Å². The van der Waals surface area contributed by atoms with Gasteiger partial charge in [-0.25, -0.2) is 0 Å². The van der Waals surface area contributed by atoms with Crippen molar-refractivity contribution < 1.29 is 32.9 Å². The van der Waals surface area contributed by atoms with Crippen molar-refractivity contribution in [1.29, 1.82) is 0 Å². The van der Waals surface area contributed by atoms with Crippen LogP contribution in [0.5, 0.6) is 0 Å². The number of carbonyl (C=O) groups is 1. The number of aliphatic hydroxyl groups is 1. The van der Waals surface area contributed by atoms with E-state index in [0.717, 1.165) is 38.5 Å². The number of quaternary nitrogens is 1. The van der Waals surface area contributed by atoms with Gasteiger partial charge in [-0.1, -0.05) is 346 Å². The molecule has 0 aromatic carbocycles. The van der Waals surface area contributed by atoms with Crippen LogP contribution in [0.25, 0.3) is 0 Å². The summed E-state index contributed by atoms with van der Waals surface area (Å²) in [5.74, 6) is -0.199. The molecule has 0 aromatic rings. The highest BCUT2D eigenvalue weighted by Crippen LogP contribution is 2.38. The summed E-state index contributed by atoms with van der Waals surface area (Å²) >= 11 is 0. The third-order valence-corrected chi connectivity index (χ3v) is 17.1. The molecule has 0 spiro atoms. The lowest BCUT2D eigenvalue weighted by molar-refractivity contribution is -0.870. The second-order valence-electron chi connectivity index (χ2n) is 25.2.